The minimum Gasteiger partial charge on any atom is -0.494 e. The van der Waals surface area contributed by atoms with Gasteiger partial charge in [-0.15, -0.1) is 12.4 Å². The Hall–Kier alpha value is -1.63. The number of aryl methyl sites for hydroxylation is 1. The van der Waals surface area contributed by atoms with E-state index in [1.54, 1.807) is 14.2 Å². The predicted octanol–water partition coefficient (Wildman–Crippen LogP) is 2.62. The fourth-order valence-corrected chi connectivity index (χ4v) is 3.34. The summed E-state index contributed by atoms with van der Waals surface area (Å²) in [5.74, 6) is 2.79. The molecule has 24 heavy (non-hydrogen) atoms. The van der Waals surface area contributed by atoms with Crippen LogP contribution in [0.4, 0.5) is 0 Å². The van der Waals surface area contributed by atoms with Gasteiger partial charge in [-0.05, 0) is 38.3 Å². The van der Waals surface area contributed by atoms with E-state index in [0.29, 0.717) is 0 Å². The summed E-state index contributed by atoms with van der Waals surface area (Å²) in [7, 11) is 3.39. The van der Waals surface area contributed by atoms with E-state index in [0.717, 1.165) is 42.3 Å². The molecule has 1 heterocycles. The van der Waals surface area contributed by atoms with Gasteiger partial charge in [0.05, 0.1) is 13.2 Å². The molecule has 1 saturated carbocycles. The van der Waals surface area contributed by atoms with Crippen molar-refractivity contribution in [3.63, 3.8) is 0 Å². The lowest BCUT2D eigenvalue weighted by atomic mass is 9.83. The molecule has 0 aliphatic heterocycles. The molecule has 2 N–H and O–H groups in total. The van der Waals surface area contributed by atoms with Crippen LogP contribution in [0.5, 0.6) is 5.75 Å². The second-order valence-electron chi connectivity index (χ2n) is 6.05. The van der Waals surface area contributed by atoms with Crippen molar-refractivity contribution in [1.29, 1.82) is 0 Å². The highest BCUT2D eigenvalue weighted by Crippen LogP contribution is 2.35. The number of ether oxygens (including phenoxy) is 2. The van der Waals surface area contributed by atoms with Crippen LogP contribution >= 0.6 is 12.4 Å². The number of rotatable bonds is 4. The molecule has 6 nitrogen and oxygen atoms in total. The van der Waals surface area contributed by atoms with E-state index in [1.807, 2.05) is 35.9 Å². The molecule has 3 rings (SSSR count). The average molecular weight is 353 g/mol. The third kappa shape index (κ3) is 3.55. The zero-order chi connectivity index (χ0) is 16.4. The van der Waals surface area contributed by atoms with Gasteiger partial charge in [-0.25, -0.2) is 9.67 Å². The number of aromatic nitrogens is 3. The topological polar surface area (TPSA) is 75.2 Å². The molecule has 1 fully saturated rings. The molecule has 0 spiro atoms. The standard InChI is InChI=1S/C17H24N4O2.ClH/c1-11-19-17(12-8-9-13(18)16(10-12)23-3)21(20-11)14-6-4-5-7-15(14)22-2;/h4-7,12-13,16H,8-10,18H2,1-3H3;1H/t12-,13+,16+;/m0./s1. The van der Waals surface area contributed by atoms with Gasteiger partial charge in [-0.1, -0.05) is 12.1 Å². The first-order valence-electron chi connectivity index (χ1n) is 7.99. The van der Waals surface area contributed by atoms with E-state index in [1.165, 1.54) is 0 Å². The Kier molecular flexibility index (Phi) is 6.21. The van der Waals surface area contributed by atoms with Crippen molar-refractivity contribution in [2.75, 3.05) is 14.2 Å². The van der Waals surface area contributed by atoms with Crippen molar-refractivity contribution in [2.24, 2.45) is 5.73 Å². The Bertz CT molecular complexity index is 676. The van der Waals surface area contributed by atoms with E-state index in [-0.39, 0.29) is 30.5 Å². The number of methoxy groups -OCH3 is 2. The number of hydrogen-bond acceptors (Lipinski definition) is 5. The summed E-state index contributed by atoms with van der Waals surface area (Å²) >= 11 is 0. The van der Waals surface area contributed by atoms with E-state index in [4.69, 9.17) is 15.2 Å². The van der Waals surface area contributed by atoms with Crippen molar-refractivity contribution in [2.45, 2.75) is 44.2 Å². The van der Waals surface area contributed by atoms with Gasteiger partial charge in [0.15, 0.2) is 0 Å². The molecular formula is C17H25ClN4O2. The highest BCUT2D eigenvalue weighted by molar-refractivity contribution is 5.85. The molecule has 1 aliphatic carbocycles. The number of hydrogen-bond donors (Lipinski definition) is 1. The van der Waals surface area contributed by atoms with Gasteiger partial charge in [0.1, 0.15) is 23.1 Å². The summed E-state index contributed by atoms with van der Waals surface area (Å²) in [6.45, 7) is 1.91. The maximum Gasteiger partial charge on any atom is 0.148 e. The molecule has 2 aromatic rings. The summed E-state index contributed by atoms with van der Waals surface area (Å²) in [6.07, 6.45) is 2.86. The smallest absolute Gasteiger partial charge is 0.148 e. The second-order valence-corrected chi connectivity index (χ2v) is 6.05. The maximum atomic E-state index is 6.14. The first kappa shape index (κ1) is 18.7. The molecular weight excluding hydrogens is 328 g/mol. The summed E-state index contributed by atoms with van der Waals surface area (Å²) in [6, 6.07) is 7.96. The molecule has 7 heteroatoms. The summed E-state index contributed by atoms with van der Waals surface area (Å²) in [5.41, 5.74) is 7.05. The van der Waals surface area contributed by atoms with Crippen molar-refractivity contribution < 1.29 is 9.47 Å². The average Bonchev–Trinajstić information content (AvgIpc) is 2.97. The van der Waals surface area contributed by atoms with Crippen molar-refractivity contribution >= 4 is 12.4 Å². The van der Waals surface area contributed by atoms with Crippen LogP contribution in [0.1, 0.15) is 36.8 Å². The predicted molar refractivity (Wildman–Crippen MR) is 95.3 cm³/mol. The largest absolute Gasteiger partial charge is 0.494 e. The normalized spacial score (nSPS) is 23.6. The van der Waals surface area contributed by atoms with Crippen LogP contribution < -0.4 is 10.5 Å². The van der Waals surface area contributed by atoms with Crippen LogP contribution in [0.2, 0.25) is 0 Å². The van der Waals surface area contributed by atoms with Crippen LogP contribution in [0, 0.1) is 6.92 Å². The third-order valence-electron chi connectivity index (χ3n) is 4.56. The zero-order valence-corrected chi connectivity index (χ0v) is 15.1. The van der Waals surface area contributed by atoms with Gasteiger partial charge in [0, 0.05) is 19.1 Å². The number of para-hydroxylation sites is 2. The first-order valence-corrected chi connectivity index (χ1v) is 7.99. The molecule has 1 aromatic carbocycles. The monoisotopic (exact) mass is 352 g/mol. The summed E-state index contributed by atoms with van der Waals surface area (Å²) in [4.78, 5) is 4.68. The Morgan fingerprint density at radius 3 is 2.67 bits per heavy atom. The highest BCUT2D eigenvalue weighted by atomic mass is 35.5. The first-order chi connectivity index (χ1) is 11.1. The van der Waals surface area contributed by atoms with Crippen LogP contribution in [0.15, 0.2) is 24.3 Å². The fourth-order valence-electron chi connectivity index (χ4n) is 3.34. The molecule has 0 unspecified atom stereocenters. The van der Waals surface area contributed by atoms with Gasteiger partial charge < -0.3 is 15.2 Å². The van der Waals surface area contributed by atoms with E-state index < -0.39 is 0 Å². The van der Waals surface area contributed by atoms with Crippen LogP contribution in [-0.2, 0) is 4.74 Å². The molecule has 3 atom stereocenters. The van der Waals surface area contributed by atoms with Crippen molar-refractivity contribution in [1.82, 2.24) is 14.8 Å². The van der Waals surface area contributed by atoms with Crippen molar-refractivity contribution in [3.8, 4) is 11.4 Å². The van der Waals surface area contributed by atoms with Crippen LogP contribution in [-0.4, -0.2) is 41.1 Å². The molecule has 0 amide bonds. The second kappa shape index (κ2) is 7.96. The van der Waals surface area contributed by atoms with E-state index in [2.05, 4.69) is 10.1 Å². The number of nitrogens with two attached hydrogens (primary N) is 1. The maximum absolute atomic E-state index is 6.14. The third-order valence-corrected chi connectivity index (χ3v) is 4.56. The lowest BCUT2D eigenvalue weighted by molar-refractivity contribution is 0.0459. The summed E-state index contributed by atoms with van der Waals surface area (Å²) in [5, 5.41) is 4.59. The van der Waals surface area contributed by atoms with Crippen LogP contribution in [0.3, 0.4) is 0 Å². The SMILES string of the molecule is COc1ccccc1-n1nc(C)nc1[C@H]1CC[C@@H](N)[C@H](OC)C1.Cl. The lowest BCUT2D eigenvalue weighted by Gasteiger charge is -2.32. The Morgan fingerprint density at radius 1 is 1.21 bits per heavy atom. The van der Waals surface area contributed by atoms with E-state index >= 15 is 0 Å². The molecule has 1 aliphatic rings. The Morgan fingerprint density at radius 2 is 1.96 bits per heavy atom. The lowest BCUT2D eigenvalue weighted by Crippen LogP contribution is -2.41. The van der Waals surface area contributed by atoms with Gasteiger partial charge in [-0.2, -0.15) is 5.10 Å². The molecule has 0 saturated heterocycles. The molecule has 1 aromatic heterocycles. The van der Waals surface area contributed by atoms with Crippen molar-refractivity contribution in [3.05, 3.63) is 35.9 Å². The fraction of sp³-hybridized carbons (Fsp3) is 0.529. The number of benzene rings is 1. The summed E-state index contributed by atoms with van der Waals surface area (Å²) < 4.78 is 12.9. The molecule has 0 radical (unpaired) electrons. The Balaban J connectivity index is 0.00000208. The van der Waals surface area contributed by atoms with Crippen LogP contribution in [0.25, 0.3) is 5.69 Å². The van der Waals surface area contributed by atoms with E-state index in [9.17, 15) is 0 Å². The number of halogens is 1. The van der Waals surface area contributed by atoms with Gasteiger partial charge in [0.2, 0.25) is 0 Å². The molecule has 132 valence electrons. The minimum atomic E-state index is 0. The quantitative estimate of drug-likeness (QED) is 0.915. The zero-order valence-electron chi connectivity index (χ0n) is 14.3. The minimum absolute atomic E-state index is 0. The highest BCUT2D eigenvalue weighted by Gasteiger charge is 2.32. The van der Waals surface area contributed by atoms with Gasteiger partial charge in [-0.3, -0.25) is 0 Å². The van der Waals surface area contributed by atoms with Gasteiger partial charge in [0.25, 0.3) is 0 Å². The number of nitrogens with zero attached hydrogens (tertiary/aromatic N) is 3. The molecule has 0 bridgehead atoms. The Labute approximate surface area is 148 Å². The van der Waals surface area contributed by atoms with Gasteiger partial charge >= 0.3 is 0 Å².